The van der Waals surface area contributed by atoms with E-state index in [1.165, 1.54) is 0 Å². The molecule has 0 saturated heterocycles. The van der Waals surface area contributed by atoms with Crippen LogP contribution in [-0.4, -0.2) is 86.5 Å². The van der Waals surface area contributed by atoms with Gasteiger partial charge >= 0.3 is 23.9 Å². The molecule has 0 unspecified atom stereocenters. The second-order valence-electron chi connectivity index (χ2n) is 7.48. The van der Waals surface area contributed by atoms with Gasteiger partial charge in [-0.3, -0.25) is 19.2 Å². The SMILES string of the molecule is CCC(COCC(CC)(COC(=O)CS)COC(=O)CS)(COC(=O)CS)COC(=O)CS. The van der Waals surface area contributed by atoms with Crippen molar-refractivity contribution in [1.82, 2.24) is 0 Å². The maximum Gasteiger partial charge on any atom is 0.315 e. The molecule has 0 atom stereocenters. The summed E-state index contributed by atoms with van der Waals surface area (Å²) in [6, 6.07) is 0. The van der Waals surface area contributed by atoms with Crippen molar-refractivity contribution in [3.05, 3.63) is 0 Å². The summed E-state index contributed by atoms with van der Waals surface area (Å²) in [5.74, 6) is -2.44. The molecule has 13 heteroatoms. The van der Waals surface area contributed by atoms with E-state index in [4.69, 9.17) is 23.7 Å². The summed E-state index contributed by atoms with van der Waals surface area (Å²) in [4.78, 5) is 46.5. The zero-order valence-corrected chi connectivity index (χ0v) is 22.5. The number of carbonyl (C=O) groups is 4. The molecular weight excluding hydrogens is 512 g/mol. The maximum absolute atomic E-state index is 11.6. The highest BCUT2D eigenvalue weighted by Crippen LogP contribution is 2.29. The van der Waals surface area contributed by atoms with E-state index in [0.717, 1.165) is 0 Å². The van der Waals surface area contributed by atoms with Crippen molar-refractivity contribution in [2.45, 2.75) is 26.7 Å². The lowest BCUT2D eigenvalue weighted by atomic mass is 9.86. The molecule has 0 aromatic heterocycles. The van der Waals surface area contributed by atoms with E-state index < -0.39 is 34.7 Å². The second kappa shape index (κ2) is 17.6. The standard InChI is InChI=1S/C20H34O9S4/c1-3-19(11-26-15(21)5-30,12-27-16(22)6-31)9-25-10-20(4-2,13-28-17(23)7-32)14-29-18(24)8-33/h30-33H,3-14H2,1-2H3. The molecule has 0 heterocycles. The quantitative estimate of drug-likeness (QED) is 0.116. The molecule has 33 heavy (non-hydrogen) atoms. The lowest BCUT2D eigenvalue weighted by molar-refractivity contribution is -0.160. The fourth-order valence-electron chi connectivity index (χ4n) is 2.46. The third-order valence-electron chi connectivity index (χ3n) is 4.99. The number of hydrogen-bond acceptors (Lipinski definition) is 13. The van der Waals surface area contributed by atoms with Crippen molar-refractivity contribution in [1.29, 1.82) is 0 Å². The number of thiol groups is 4. The van der Waals surface area contributed by atoms with Gasteiger partial charge in [0.25, 0.3) is 0 Å². The summed E-state index contributed by atoms with van der Waals surface area (Å²) in [6.45, 7) is 3.62. The second-order valence-corrected chi connectivity index (χ2v) is 8.74. The Labute approximate surface area is 217 Å². The third kappa shape index (κ3) is 13.1. The number of carbonyl (C=O) groups excluding carboxylic acids is 4. The molecular formula is C20H34O9S4. The highest BCUT2D eigenvalue weighted by Gasteiger charge is 2.36. The highest BCUT2D eigenvalue weighted by atomic mass is 32.1. The minimum Gasteiger partial charge on any atom is -0.464 e. The van der Waals surface area contributed by atoms with Gasteiger partial charge < -0.3 is 23.7 Å². The Morgan fingerprint density at radius 3 is 0.939 bits per heavy atom. The van der Waals surface area contributed by atoms with Gasteiger partial charge in [0.05, 0.1) is 47.1 Å². The average Bonchev–Trinajstić information content (AvgIpc) is 2.85. The van der Waals surface area contributed by atoms with Crippen LogP contribution in [0.4, 0.5) is 0 Å². The van der Waals surface area contributed by atoms with Crippen LogP contribution in [0.2, 0.25) is 0 Å². The summed E-state index contributed by atoms with van der Waals surface area (Å²) in [5.41, 5.74) is -1.64. The largest absolute Gasteiger partial charge is 0.464 e. The van der Waals surface area contributed by atoms with Crippen molar-refractivity contribution >= 4 is 74.4 Å². The normalized spacial score (nSPS) is 11.6. The lowest BCUT2D eigenvalue weighted by Crippen LogP contribution is -2.42. The molecule has 0 spiro atoms. The Bertz CT molecular complexity index is 539. The monoisotopic (exact) mass is 546 g/mol. The van der Waals surface area contributed by atoms with Crippen LogP contribution in [0.15, 0.2) is 0 Å². The van der Waals surface area contributed by atoms with Gasteiger partial charge in [0.15, 0.2) is 0 Å². The first kappa shape index (κ1) is 32.2. The molecule has 0 saturated carbocycles. The Balaban J connectivity index is 5.43. The van der Waals surface area contributed by atoms with Gasteiger partial charge in [-0.2, -0.15) is 50.5 Å². The number of ether oxygens (including phenoxy) is 5. The fourth-order valence-corrected chi connectivity index (χ4v) is 2.83. The Morgan fingerprint density at radius 2 is 0.758 bits per heavy atom. The van der Waals surface area contributed by atoms with E-state index in [0.29, 0.717) is 12.8 Å². The minimum atomic E-state index is -0.819. The van der Waals surface area contributed by atoms with E-state index in [1.807, 2.05) is 13.8 Å². The van der Waals surface area contributed by atoms with Gasteiger partial charge in [0.1, 0.15) is 26.4 Å². The summed E-state index contributed by atoms with van der Waals surface area (Å²) < 4.78 is 27.0. The zero-order chi connectivity index (χ0) is 25.3. The first-order valence-electron chi connectivity index (χ1n) is 10.3. The molecule has 0 aliphatic carbocycles. The maximum atomic E-state index is 11.6. The van der Waals surface area contributed by atoms with Gasteiger partial charge in [-0.25, -0.2) is 0 Å². The van der Waals surface area contributed by atoms with Gasteiger partial charge in [0, 0.05) is 0 Å². The molecule has 0 aromatic rings. The van der Waals surface area contributed by atoms with Crippen molar-refractivity contribution in [2.24, 2.45) is 10.8 Å². The predicted molar refractivity (Wildman–Crippen MR) is 136 cm³/mol. The van der Waals surface area contributed by atoms with Gasteiger partial charge in [-0.1, -0.05) is 13.8 Å². The third-order valence-corrected chi connectivity index (χ3v) is 6.02. The van der Waals surface area contributed by atoms with Crippen LogP contribution in [-0.2, 0) is 42.9 Å². The molecule has 0 N–H and O–H groups in total. The van der Waals surface area contributed by atoms with E-state index in [-0.39, 0.29) is 62.7 Å². The van der Waals surface area contributed by atoms with Gasteiger partial charge in [-0.05, 0) is 12.8 Å². The van der Waals surface area contributed by atoms with Crippen molar-refractivity contribution in [2.75, 3.05) is 62.7 Å². The first-order chi connectivity index (χ1) is 15.6. The van der Waals surface area contributed by atoms with Crippen LogP contribution in [0.5, 0.6) is 0 Å². The number of rotatable bonds is 18. The molecule has 0 aliphatic rings. The Morgan fingerprint density at radius 1 is 0.515 bits per heavy atom. The van der Waals surface area contributed by atoms with Crippen LogP contribution in [0.25, 0.3) is 0 Å². The summed E-state index contributed by atoms with van der Waals surface area (Å²) in [6.07, 6.45) is 0.935. The van der Waals surface area contributed by atoms with E-state index in [2.05, 4.69) is 50.5 Å². The summed E-state index contributed by atoms with van der Waals surface area (Å²) in [7, 11) is 0. The van der Waals surface area contributed by atoms with Gasteiger partial charge in [-0.15, -0.1) is 0 Å². The summed E-state index contributed by atoms with van der Waals surface area (Å²) >= 11 is 15.6. The van der Waals surface area contributed by atoms with Crippen LogP contribution >= 0.6 is 50.5 Å². The van der Waals surface area contributed by atoms with Gasteiger partial charge in [0.2, 0.25) is 0 Å². The molecule has 9 nitrogen and oxygen atoms in total. The molecule has 192 valence electrons. The predicted octanol–water partition coefficient (Wildman–Crippen LogP) is 1.69. The molecule has 0 aromatic carbocycles. The Hall–Kier alpha value is -0.760. The van der Waals surface area contributed by atoms with Crippen LogP contribution in [0.1, 0.15) is 26.7 Å². The zero-order valence-electron chi connectivity index (χ0n) is 18.9. The van der Waals surface area contributed by atoms with E-state index in [1.54, 1.807) is 0 Å². The van der Waals surface area contributed by atoms with Crippen molar-refractivity contribution in [3.63, 3.8) is 0 Å². The number of esters is 4. The lowest BCUT2D eigenvalue weighted by Gasteiger charge is -2.35. The molecule has 0 rings (SSSR count). The van der Waals surface area contributed by atoms with E-state index >= 15 is 0 Å². The molecule has 0 bridgehead atoms. The minimum absolute atomic E-state index is 0.0504. The van der Waals surface area contributed by atoms with Crippen LogP contribution in [0.3, 0.4) is 0 Å². The number of hydrogen-bond donors (Lipinski definition) is 4. The molecule has 0 fully saturated rings. The summed E-state index contributed by atoms with van der Waals surface area (Å²) in [5, 5.41) is 0. The molecule has 0 amide bonds. The Kier molecular flexibility index (Phi) is 17.2. The smallest absolute Gasteiger partial charge is 0.315 e. The first-order valence-corrected chi connectivity index (χ1v) is 12.8. The van der Waals surface area contributed by atoms with Crippen molar-refractivity contribution < 1.29 is 42.9 Å². The van der Waals surface area contributed by atoms with E-state index in [9.17, 15) is 19.2 Å². The highest BCUT2D eigenvalue weighted by molar-refractivity contribution is 7.81. The molecule has 0 aliphatic heterocycles. The van der Waals surface area contributed by atoms with Crippen LogP contribution in [0, 0.1) is 10.8 Å². The fraction of sp³-hybridized carbons (Fsp3) is 0.800. The van der Waals surface area contributed by atoms with Crippen LogP contribution < -0.4 is 0 Å². The topological polar surface area (TPSA) is 114 Å². The molecule has 0 radical (unpaired) electrons. The average molecular weight is 547 g/mol. The van der Waals surface area contributed by atoms with Crippen molar-refractivity contribution in [3.8, 4) is 0 Å².